The summed E-state index contributed by atoms with van der Waals surface area (Å²) >= 11 is 1.48. The van der Waals surface area contributed by atoms with Crippen LogP contribution in [0.2, 0.25) is 0 Å². The molecule has 2 aromatic rings. The van der Waals surface area contributed by atoms with Crippen molar-refractivity contribution in [2.45, 2.75) is 32.5 Å². The van der Waals surface area contributed by atoms with Crippen LogP contribution in [0.15, 0.2) is 41.8 Å². The summed E-state index contributed by atoms with van der Waals surface area (Å²) in [6, 6.07) is 11.5. The van der Waals surface area contributed by atoms with E-state index in [2.05, 4.69) is 18.7 Å². The molecule has 7 heteroatoms. The van der Waals surface area contributed by atoms with Gasteiger partial charge in [0.15, 0.2) is 0 Å². The van der Waals surface area contributed by atoms with Gasteiger partial charge in [0, 0.05) is 37.3 Å². The van der Waals surface area contributed by atoms with Crippen molar-refractivity contribution in [2.24, 2.45) is 0 Å². The number of thiophene rings is 1. The molecule has 1 aromatic carbocycles. The number of hydrogen-bond donors (Lipinski definition) is 2. The van der Waals surface area contributed by atoms with Gasteiger partial charge in [0.2, 0.25) is 0 Å². The van der Waals surface area contributed by atoms with Crippen molar-refractivity contribution >= 4 is 23.2 Å². The van der Waals surface area contributed by atoms with Crippen LogP contribution in [0.4, 0.5) is 0 Å². The van der Waals surface area contributed by atoms with Crippen LogP contribution in [0.5, 0.6) is 0 Å². The molecule has 2 unspecified atom stereocenters. The molecule has 2 N–H and O–H groups in total. The summed E-state index contributed by atoms with van der Waals surface area (Å²) in [5.41, 5.74) is 3.15. The predicted octanol–water partition coefficient (Wildman–Crippen LogP) is 2.60. The lowest BCUT2D eigenvalue weighted by molar-refractivity contribution is 0.0273. The second-order valence-corrected chi connectivity index (χ2v) is 7.64. The van der Waals surface area contributed by atoms with E-state index >= 15 is 0 Å². The zero-order chi connectivity index (χ0) is 18.7. The number of amides is 2. The third-order valence-electron chi connectivity index (χ3n) is 4.80. The molecule has 1 aromatic heterocycles. The lowest BCUT2D eigenvalue weighted by Gasteiger charge is -2.44. The van der Waals surface area contributed by atoms with Crippen LogP contribution in [0.3, 0.4) is 0 Å². The van der Waals surface area contributed by atoms with Crippen molar-refractivity contribution in [1.29, 1.82) is 0 Å². The van der Waals surface area contributed by atoms with Crippen LogP contribution < -0.4 is 5.48 Å². The van der Waals surface area contributed by atoms with E-state index < -0.39 is 5.91 Å². The van der Waals surface area contributed by atoms with E-state index in [1.807, 2.05) is 34.5 Å². The standard InChI is InChI=1S/C19H23N3O3S/c1-13-10-21(19(24)17-4-3-9-26-17)11-14(2)22(13)12-15-5-7-16(8-6-15)18(23)20-25/h3-9,13-14,25H,10-12H2,1-2H3,(H,20,23). The van der Waals surface area contributed by atoms with Gasteiger partial charge in [-0.15, -0.1) is 11.3 Å². The molecule has 0 radical (unpaired) electrons. The number of hydrogen-bond acceptors (Lipinski definition) is 5. The summed E-state index contributed by atoms with van der Waals surface area (Å²) in [4.78, 5) is 29.1. The number of rotatable bonds is 4. The molecule has 1 aliphatic heterocycles. The number of nitrogens with zero attached hydrogens (tertiary/aromatic N) is 2. The molecule has 1 saturated heterocycles. The smallest absolute Gasteiger partial charge is 0.274 e. The summed E-state index contributed by atoms with van der Waals surface area (Å²) in [5.74, 6) is -0.406. The average Bonchev–Trinajstić information content (AvgIpc) is 3.18. The average molecular weight is 373 g/mol. The predicted molar refractivity (Wildman–Crippen MR) is 100 cm³/mol. The van der Waals surface area contributed by atoms with Crippen LogP contribution in [-0.4, -0.2) is 52.0 Å². The van der Waals surface area contributed by atoms with Crippen molar-refractivity contribution in [3.8, 4) is 0 Å². The van der Waals surface area contributed by atoms with E-state index in [0.717, 1.165) is 17.0 Å². The fourth-order valence-electron chi connectivity index (χ4n) is 3.43. The highest BCUT2D eigenvalue weighted by atomic mass is 32.1. The Morgan fingerprint density at radius 3 is 2.35 bits per heavy atom. The summed E-state index contributed by atoms with van der Waals surface area (Å²) < 4.78 is 0. The fraction of sp³-hybridized carbons (Fsp3) is 0.368. The third-order valence-corrected chi connectivity index (χ3v) is 5.66. The first-order chi connectivity index (χ1) is 12.5. The number of nitrogens with one attached hydrogen (secondary N) is 1. The highest BCUT2D eigenvalue weighted by Crippen LogP contribution is 2.22. The van der Waals surface area contributed by atoms with Crippen LogP contribution in [-0.2, 0) is 6.54 Å². The van der Waals surface area contributed by atoms with Crippen molar-refractivity contribution in [1.82, 2.24) is 15.3 Å². The second-order valence-electron chi connectivity index (χ2n) is 6.70. The first-order valence-electron chi connectivity index (χ1n) is 8.61. The SMILES string of the molecule is CC1CN(C(=O)c2cccs2)CC(C)N1Cc1ccc(C(=O)NO)cc1. The first kappa shape index (κ1) is 18.6. The van der Waals surface area contributed by atoms with Gasteiger partial charge in [-0.2, -0.15) is 0 Å². The molecule has 0 spiro atoms. The number of hydroxylamine groups is 1. The van der Waals surface area contributed by atoms with Gasteiger partial charge in [-0.25, -0.2) is 5.48 Å². The quantitative estimate of drug-likeness (QED) is 0.638. The minimum Gasteiger partial charge on any atom is -0.335 e. The molecular weight excluding hydrogens is 350 g/mol. The van der Waals surface area contributed by atoms with Crippen molar-refractivity contribution < 1.29 is 14.8 Å². The summed E-state index contributed by atoms with van der Waals surface area (Å²) in [6.07, 6.45) is 0. The maximum Gasteiger partial charge on any atom is 0.274 e. The molecule has 0 aliphatic carbocycles. The highest BCUT2D eigenvalue weighted by Gasteiger charge is 2.32. The van der Waals surface area contributed by atoms with E-state index in [1.165, 1.54) is 11.3 Å². The van der Waals surface area contributed by atoms with E-state index in [9.17, 15) is 9.59 Å². The molecule has 0 saturated carbocycles. The van der Waals surface area contributed by atoms with Gasteiger partial charge in [0.05, 0.1) is 4.88 Å². The number of carbonyl (C=O) groups is 2. The van der Waals surface area contributed by atoms with Gasteiger partial charge in [0.25, 0.3) is 11.8 Å². The number of carbonyl (C=O) groups excluding carboxylic acids is 2. The summed E-state index contributed by atoms with van der Waals surface area (Å²) in [7, 11) is 0. The molecule has 2 heterocycles. The molecule has 2 atom stereocenters. The normalized spacial score (nSPS) is 20.8. The van der Waals surface area contributed by atoms with Crippen LogP contribution in [0, 0.1) is 0 Å². The Labute approximate surface area is 157 Å². The Balaban J connectivity index is 1.65. The lowest BCUT2D eigenvalue weighted by Crippen LogP contribution is -2.57. The molecule has 6 nitrogen and oxygen atoms in total. The minimum atomic E-state index is -0.515. The second kappa shape index (κ2) is 7.99. The Morgan fingerprint density at radius 1 is 1.15 bits per heavy atom. The van der Waals surface area contributed by atoms with Gasteiger partial charge in [-0.3, -0.25) is 19.7 Å². The third kappa shape index (κ3) is 3.95. The summed E-state index contributed by atoms with van der Waals surface area (Å²) in [6.45, 7) is 6.43. The van der Waals surface area contributed by atoms with Gasteiger partial charge in [-0.05, 0) is 43.0 Å². The van der Waals surface area contributed by atoms with Gasteiger partial charge < -0.3 is 4.90 Å². The Morgan fingerprint density at radius 2 is 1.81 bits per heavy atom. The maximum atomic E-state index is 12.6. The van der Waals surface area contributed by atoms with Crippen LogP contribution in [0.25, 0.3) is 0 Å². The van der Waals surface area contributed by atoms with Gasteiger partial charge in [-0.1, -0.05) is 18.2 Å². The largest absolute Gasteiger partial charge is 0.335 e. The topological polar surface area (TPSA) is 72.9 Å². The van der Waals surface area contributed by atoms with Crippen molar-refractivity contribution in [3.05, 3.63) is 57.8 Å². The Hall–Kier alpha value is -2.22. The molecule has 26 heavy (non-hydrogen) atoms. The molecular formula is C19H23N3O3S. The maximum absolute atomic E-state index is 12.6. The first-order valence-corrected chi connectivity index (χ1v) is 9.49. The fourth-order valence-corrected chi connectivity index (χ4v) is 4.12. The molecule has 0 bridgehead atoms. The van der Waals surface area contributed by atoms with Gasteiger partial charge in [0.1, 0.15) is 0 Å². The van der Waals surface area contributed by atoms with Crippen LogP contribution in [0.1, 0.15) is 39.4 Å². The minimum absolute atomic E-state index is 0.109. The Bertz CT molecular complexity index is 749. The van der Waals surface area contributed by atoms with E-state index in [4.69, 9.17) is 5.21 Å². The molecule has 2 amide bonds. The highest BCUT2D eigenvalue weighted by molar-refractivity contribution is 7.12. The molecule has 138 valence electrons. The van der Waals surface area contributed by atoms with Gasteiger partial charge >= 0.3 is 0 Å². The van der Waals surface area contributed by atoms with E-state index in [-0.39, 0.29) is 18.0 Å². The van der Waals surface area contributed by atoms with Crippen molar-refractivity contribution in [2.75, 3.05) is 13.1 Å². The Kier molecular flexibility index (Phi) is 5.70. The van der Waals surface area contributed by atoms with Crippen molar-refractivity contribution in [3.63, 3.8) is 0 Å². The molecule has 1 fully saturated rings. The zero-order valence-electron chi connectivity index (χ0n) is 14.9. The number of piperazine rings is 1. The molecule has 1 aliphatic rings. The monoisotopic (exact) mass is 373 g/mol. The van der Waals surface area contributed by atoms with E-state index in [1.54, 1.807) is 17.6 Å². The number of benzene rings is 1. The lowest BCUT2D eigenvalue weighted by atomic mass is 10.0. The summed E-state index contributed by atoms with van der Waals surface area (Å²) in [5, 5.41) is 10.6. The van der Waals surface area contributed by atoms with Crippen LogP contribution >= 0.6 is 11.3 Å². The van der Waals surface area contributed by atoms with E-state index in [0.29, 0.717) is 18.7 Å². The molecule has 3 rings (SSSR count). The zero-order valence-corrected chi connectivity index (χ0v) is 15.7.